The van der Waals surface area contributed by atoms with Crippen molar-refractivity contribution < 1.29 is 4.79 Å². The van der Waals surface area contributed by atoms with Crippen LogP contribution in [0.5, 0.6) is 0 Å². The Morgan fingerprint density at radius 1 is 1.47 bits per heavy atom. The number of rotatable bonds is 2. The first-order valence-electron chi connectivity index (χ1n) is 5.95. The summed E-state index contributed by atoms with van der Waals surface area (Å²) >= 11 is 6.16. The number of benzene rings is 1. The number of nitrogens with one attached hydrogen (secondary N) is 2. The standard InChI is InChI=1S/C13H17ClN2O/c1-9-4-2-6-11(14)13(9)16-10-5-3-7-15-12(17)8-10/h2,4,6,10,16H,3,5,7-8H2,1H3,(H,15,17). The largest absolute Gasteiger partial charge is 0.380 e. The minimum absolute atomic E-state index is 0.115. The third-order valence-corrected chi connectivity index (χ3v) is 3.37. The smallest absolute Gasteiger partial charge is 0.222 e. The van der Waals surface area contributed by atoms with Gasteiger partial charge in [-0.2, -0.15) is 0 Å². The first-order chi connectivity index (χ1) is 8.16. The average molecular weight is 253 g/mol. The zero-order valence-electron chi connectivity index (χ0n) is 9.92. The molecule has 3 nitrogen and oxygen atoms in total. The lowest BCUT2D eigenvalue weighted by Gasteiger charge is -2.19. The number of hydrogen-bond acceptors (Lipinski definition) is 2. The van der Waals surface area contributed by atoms with Crippen LogP contribution >= 0.6 is 11.6 Å². The second kappa shape index (κ2) is 5.41. The van der Waals surface area contributed by atoms with Gasteiger partial charge in [-0.25, -0.2) is 0 Å². The maximum atomic E-state index is 11.5. The fourth-order valence-corrected chi connectivity index (χ4v) is 2.39. The Morgan fingerprint density at radius 3 is 3.06 bits per heavy atom. The van der Waals surface area contributed by atoms with E-state index in [0.29, 0.717) is 6.42 Å². The van der Waals surface area contributed by atoms with Crippen LogP contribution in [0.4, 0.5) is 5.69 Å². The SMILES string of the molecule is Cc1cccc(Cl)c1NC1CCCNC(=O)C1. The zero-order chi connectivity index (χ0) is 12.3. The van der Waals surface area contributed by atoms with Crippen molar-refractivity contribution in [2.45, 2.75) is 32.2 Å². The number of halogens is 1. The number of carbonyl (C=O) groups is 1. The van der Waals surface area contributed by atoms with Crippen molar-refractivity contribution >= 4 is 23.2 Å². The molecule has 1 atom stereocenters. The molecule has 0 bridgehead atoms. The minimum atomic E-state index is 0.115. The van der Waals surface area contributed by atoms with E-state index in [4.69, 9.17) is 11.6 Å². The Hall–Kier alpha value is -1.22. The number of hydrogen-bond donors (Lipinski definition) is 2. The molecule has 1 amide bonds. The Kier molecular flexibility index (Phi) is 3.89. The third kappa shape index (κ3) is 3.13. The fourth-order valence-electron chi connectivity index (χ4n) is 2.12. The number of para-hydroxylation sites is 1. The lowest BCUT2D eigenvalue weighted by atomic mass is 10.1. The van der Waals surface area contributed by atoms with Gasteiger partial charge in [0.2, 0.25) is 5.91 Å². The lowest BCUT2D eigenvalue weighted by molar-refractivity contribution is -0.120. The molecule has 0 spiro atoms. The molecule has 2 N–H and O–H groups in total. The molecule has 92 valence electrons. The van der Waals surface area contributed by atoms with Gasteiger partial charge in [0.05, 0.1) is 10.7 Å². The molecule has 1 unspecified atom stereocenters. The second-order valence-corrected chi connectivity index (χ2v) is 4.88. The summed E-state index contributed by atoms with van der Waals surface area (Å²) in [6.07, 6.45) is 2.51. The first kappa shape index (κ1) is 12.2. The normalized spacial score (nSPS) is 20.6. The van der Waals surface area contributed by atoms with E-state index in [-0.39, 0.29) is 11.9 Å². The van der Waals surface area contributed by atoms with Crippen LogP contribution in [-0.2, 0) is 4.79 Å². The highest BCUT2D eigenvalue weighted by Gasteiger charge is 2.18. The van der Waals surface area contributed by atoms with Crippen molar-refractivity contribution in [2.75, 3.05) is 11.9 Å². The molecule has 1 aliphatic heterocycles. The molecule has 1 aliphatic rings. The highest BCUT2D eigenvalue weighted by atomic mass is 35.5. The van der Waals surface area contributed by atoms with E-state index in [9.17, 15) is 4.79 Å². The van der Waals surface area contributed by atoms with Crippen molar-refractivity contribution in [3.8, 4) is 0 Å². The van der Waals surface area contributed by atoms with E-state index >= 15 is 0 Å². The summed E-state index contributed by atoms with van der Waals surface area (Å²) < 4.78 is 0. The van der Waals surface area contributed by atoms with E-state index in [1.54, 1.807) is 0 Å². The monoisotopic (exact) mass is 252 g/mol. The number of amides is 1. The maximum absolute atomic E-state index is 11.5. The van der Waals surface area contributed by atoms with Crippen LogP contribution in [0.2, 0.25) is 5.02 Å². The summed E-state index contributed by atoms with van der Waals surface area (Å²) in [5.41, 5.74) is 2.07. The Morgan fingerprint density at radius 2 is 2.29 bits per heavy atom. The van der Waals surface area contributed by atoms with Crippen LogP contribution in [-0.4, -0.2) is 18.5 Å². The van der Waals surface area contributed by atoms with E-state index < -0.39 is 0 Å². The summed E-state index contributed by atoms with van der Waals surface area (Å²) in [7, 11) is 0. The zero-order valence-corrected chi connectivity index (χ0v) is 10.7. The van der Waals surface area contributed by atoms with Gasteiger partial charge in [0, 0.05) is 19.0 Å². The van der Waals surface area contributed by atoms with Crippen molar-refractivity contribution in [3.63, 3.8) is 0 Å². The maximum Gasteiger partial charge on any atom is 0.222 e. The summed E-state index contributed by atoms with van der Waals surface area (Å²) in [5, 5.41) is 6.99. The van der Waals surface area contributed by atoms with E-state index in [2.05, 4.69) is 10.6 Å². The molecule has 0 aliphatic carbocycles. The van der Waals surface area contributed by atoms with Gasteiger partial charge in [0.15, 0.2) is 0 Å². The Balaban J connectivity index is 2.11. The molecular weight excluding hydrogens is 236 g/mol. The summed E-state index contributed by atoms with van der Waals surface area (Å²) in [4.78, 5) is 11.5. The fraction of sp³-hybridized carbons (Fsp3) is 0.462. The highest BCUT2D eigenvalue weighted by Crippen LogP contribution is 2.27. The Bertz CT molecular complexity index is 400. The minimum Gasteiger partial charge on any atom is -0.380 e. The molecule has 4 heteroatoms. The van der Waals surface area contributed by atoms with Gasteiger partial charge in [-0.15, -0.1) is 0 Å². The molecule has 0 aromatic heterocycles. The van der Waals surface area contributed by atoms with Gasteiger partial charge in [0.25, 0.3) is 0 Å². The highest BCUT2D eigenvalue weighted by molar-refractivity contribution is 6.33. The van der Waals surface area contributed by atoms with Crippen molar-refractivity contribution in [1.82, 2.24) is 5.32 Å². The number of aryl methyl sites for hydroxylation is 1. The summed E-state index contributed by atoms with van der Waals surface area (Å²) in [6, 6.07) is 6.00. The van der Waals surface area contributed by atoms with Crippen LogP contribution in [0.25, 0.3) is 0 Å². The molecule has 1 fully saturated rings. The van der Waals surface area contributed by atoms with E-state index in [1.165, 1.54) is 0 Å². The molecule has 2 rings (SSSR count). The van der Waals surface area contributed by atoms with Gasteiger partial charge in [-0.3, -0.25) is 4.79 Å². The summed E-state index contributed by atoms with van der Waals surface area (Å²) in [6.45, 7) is 2.80. The first-order valence-corrected chi connectivity index (χ1v) is 6.33. The quantitative estimate of drug-likeness (QED) is 0.850. The van der Waals surface area contributed by atoms with E-state index in [0.717, 1.165) is 35.7 Å². The van der Waals surface area contributed by atoms with Crippen LogP contribution in [0.15, 0.2) is 18.2 Å². The molecule has 17 heavy (non-hydrogen) atoms. The van der Waals surface area contributed by atoms with Gasteiger partial charge in [-0.05, 0) is 31.4 Å². The summed E-state index contributed by atoms with van der Waals surface area (Å²) in [5.74, 6) is 0.115. The van der Waals surface area contributed by atoms with Gasteiger partial charge in [-0.1, -0.05) is 23.7 Å². The van der Waals surface area contributed by atoms with Crippen LogP contribution in [0.1, 0.15) is 24.8 Å². The van der Waals surface area contributed by atoms with Crippen LogP contribution in [0.3, 0.4) is 0 Å². The predicted molar refractivity (Wildman–Crippen MR) is 70.5 cm³/mol. The van der Waals surface area contributed by atoms with Crippen molar-refractivity contribution in [1.29, 1.82) is 0 Å². The van der Waals surface area contributed by atoms with Gasteiger partial charge in [0.1, 0.15) is 0 Å². The van der Waals surface area contributed by atoms with Gasteiger partial charge < -0.3 is 10.6 Å². The lowest BCUT2D eigenvalue weighted by Crippen LogP contribution is -2.27. The number of anilines is 1. The molecule has 1 saturated heterocycles. The predicted octanol–water partition coefficient (Wildman–Crippen LogP) is 2.73. The average Bonchev–Trinajstić information content (AvgIpc) is 2.48. The molecular formula is C13H17ClN2O. The van der Waals surface area contributed by atoms with Crippen molar-refractivity contribution in [3.05, 3.63) is 28.8 Å². The molecule has 0 radical (unpaired) electrons. The topological polar surface area (TPSA) is 41.1 Å². The molecule has 1 aromatic carbocycles. The van der Waals surface area contributed by atoms with Gasteiger partial charge >= 0.3 is 0 Å². The number of carbonyl (C=O) groups excluding carboxylic acids is 1. The Labute approximate surface area is 107 Å². The van der Waals surface area contributed by atoms with Crippen molar-refractivity contribution in [2.24, 2.45) is 0 Å². The van der Waals surface area contributed by atoms with E-state index in [1.807, 2.05) is 25.1 Å². The third-order valence-electron chi connectivity index (χ3n) is 3.05. The van der Waals surface area contributed by atoms with Crippen LogP contribution < -0.4 is 10.6 Å². The molecule has 1 heterocycles. The second-order valence-electron chi connectivity index (χ2n) is 4.47. The van der Waals surface area contributed by atoms with Crippen LogP contribution in [0, 0.1) is 6.92 Å². The molecule has 1 aromatic rings. The molecule has 0 saturated carbocycles.